The van der Waals surface area contributed by atoms with Crippen LogP contribution in [0.5, 0.6) is 0 Å². The Labute approximate surface area is 142 Å². The Morgan fingerprint density at radius 2 is 2.05 bits per heavy atom. The molecule has 1 saturated heterocycles. The maximum absolute atomic E-state index is 12.2. The molecule has 1 N–H and O–H groups in total. The standard InChI is InChI=1S/C14H25N2O4.Pb/c1-6-7-19-10-8-11(12(17)15-5)16(9-10)13(18)20-14(2,3)4;/h10-11H,1,6-9H2,2-5H3,(H,15,17);. The molecule has 21 heavy (non-hydrogen) atoms. The second kappa shape index (κ2) is 8.31. The third kappa shape index (κ3) is 6.09. The van der Waals surface area contributed by atoms with Crippen molar-refractivity contribution in [3.63, 3.8) is 0 Å². The van der Waals surface area contributed by atoms with Crippen molar-refractivity contribution in [2.24, 2.45) is 0 Å². The normalized spacial score (nSPS) is 22.2. The SMILES string of the molecule is CNC(=O)C1CC(OCC[CH2][Pb])CN1C(=O)OC(C)(C)C. The van der Waals surface area contributed by atoms with E-state index in [0.29, 0.717) is 19.6 Å². The quantitative estimate of drug-likeness (QED) is 0.461. The van der Waals surface area contributed by atoms with Crippen molar-refractivity contribution in [1.82, 2.24) is 10.2 Å². The van der Waals surface area contributed by atoms with Crippen molar-refractivity contribution in [3.8, 4) is 0 Å². The van der Waals surface area contributed by atoms with Gasteiger partial charge in [0.2, 0.25) is 0 Å². The van der Waals surface area contributed by atoms with Crippen LogP contribution < -0.4 is 5.32 Å². The van der Waals surface area contributed by atoms with Gasteiger partial charge in [-0.1, -0.05) is 0 Å². The average Bonchev–Trinajstić information content (AvgIpc) is 2.80. The molecule has 0 aromatic heterocycles. The Balaban J connectivity index is 2.69. The van der Waals surface area contributed by atoms with Gasteiger partial charge in [0.25, 0.3) is 0 Å². The van der Waals surface area contributed by atoms with Gasteiger partial charge >= 0.3 is 143 Å². The molecule has 1 aliphatic rings. The molecule has 0 aromatic carbocycles. The topological polar surface area (TPSA) is 67.9 Å². The summed E-state index contributed by atoms with van der Waals surface area (Å²) in [6.45, 7) is 6.55. The van der Waals surface area contributed by atoms with Gasteiger partial charge in [-0.15, -0.1) is 0 Å². The molecule has 0 aliphatic carbocycles. The first-order valence-corrected chi connectivity index (χ1v) is 10.0. The van der Waals surface area contributed by atoms with E-state index >= 15 is 0 Å². The van der Waals surface area contributed by atoms with Crippen LogP contribution in [-0.4, -0.2) is 80.6 Å². The van der Waals surface area contributed by atoms with Gasteiger partial charge in [-0.3, -0.25) is 0 Å². The minimum atomic E-state index is -0.573. The van der Waals surface area contributed by atoms with E-state index in [1.54, 1.807) is 7.05 Å². The molecule has 3 radical (unpaired) electrons. The average molecular weight is 493 g/mol. The predicted molar refractivity (Wildman–Crippen MR) is 80.3 cm³/mol. The van der Waals surface area contributed by atoms with Crippen molar-refractivity contribution in [2.75, 3.05) is 20.2 Å². The van der Waals surface area contributed by atoms with Crippen LogP contribution in [0.1, 0.15) is 33.6 Å². The molecular weight excluding hydrogens is 467 g/mol. The number of hydrogen-bond donors (Lipinski definition) is 1. The van der Waals surface area contributed by atoms with Crippen LogP contribution in [0.3, 0.4) is 0 Å². The zero-order valence-corrected chi connectivity index (χ0v) is 17.2. The third-order valence-corrected chi connectivity index (χ3v) is 4.49. The first kappa shape index (κ1) is 18.7. The molecule has 1 aliphatic heterocycles. The van der Waals surface area contributed by atoms with Crippen LogP contribution in [0.15, 0.2) is 0 Å². The van der Waals surface area contributed by atoms with Crippen molar-refractivity contribution >= 4 is 37.8 Å². The number of likely N-dealkylation sites (tertiary alicyclic amines) is 1. The van der Waals surface area contributed by atoms with Crippen molar-refractivity contribution in [2.45, 2.75) is 55.3 Å². The van der Waals surface area contributed by atoms with Crippen LogP contribution in [0.4, 0.5) is 4.79 Å². The fourth-order valence-corrected chi connectivity index (χ4v) is 2.74. The molecule has 2 atom stereocenters. The summed E-state index contributed by atoms with van der Waals surface area (Å²) in [7, 11) is 1.57. The van der Waals surface area contributed by atoms with Crippen LogP contribution in [-0.2, 0) is 14.3 Å². The van der Waals surface area contributed by atoms with E-state index < -0.39 is 17.7 Å². The van der Waals surface area contributed by atoms with E-state index in [0.717, 1.165) is 6.42 Å². The molecule has 0 spiro atoms. The van der Waals surface area contributed by atoms with Gasteiger partial charge in [-0.2, -0.15) is 0 Å². The van der Waals surface area contributed by atoms with Gasteiger partial charge in [0.1, 0.15) is 0 Å². The summed E-state index contributed by atoms with van der Waals surface area (Å²) in [5.74, 6) is -0.171. The zero-order chi connectivity index (χ0) is 16.0. The number of nitrogens with one attached hydrogen (secondary N) is 1. The second-order valence-electron chi connectivity index (χ2n) is 6.09. The fraction of sp³-hybridized carbons (Fsp3) is 0.857. The molecule has 1 rings (SSSR count). The van der Waals surface area contributed by atoms with E-state index in [1.165, 1.54) is 34.6 Å². The van der Waals surface area contributed by atoms with Crippen molar-refractivity contribution in [3.05, 3.63) is 0 Å². The number of carbonyl (C=O) groups is 2. The van der Waals surface area contributed by atoms with Gasteiger partial charge in [0.05, 0.1) is 0 Å². The molecule has 0 bridgehead atoms. The van der Waals surface area contributed by atoms with E-state index in [2.05, 4.69) is 5.32 Å². The maximum atomic E-state index is 12.2. The van der Waals surface area contributed by atoms with E-state index in [-0.39, 0.29) is 12.0 Å². The van der Waals surface area contributed by atoms with Gasteiger partial charge in [0, 0.05) is 0 Å². The molecule has 0 aromatic rings. The number of likely N-dealkylation sites (N-methyl/N-ethyl adjacent to an activating group) is 1. The Morgan fingerprint density at radius 1 is 1.38 bits per heavy atom. The van der Waals surface area contributed by atoms with Gasteiger partial charge < -0.3 is 0 Å². The van der Waals surface area contributed by atoms with Gasteiger partial charge in [-0.25, -0.2) is 0 Å². The summed E-state index contributed by atoms with van der Waals surface area (Å²) in [4.78, 5) is 25.7. The summed E-state index contributed by atoms with van der Waals surface area (Å²) in [5, 5.41) is 2.60. The molecule has 2 amide bonds. The fourth-order valence-electron chi connectivity index (χ4n) is 2.18. The zero-order valence-electron chi connectivity index (χ0n) is 13.3. The van der Waals surface area contributed by atoms with Crippen LogP contribution in [0.2, 0.25) is 3.98 Å². The summed E-state index contributed by atoms with van der Waals surface area (Å²) in [6.07, 6.45) is 1.03. The molecule has 7 heteroatoms. The molecule has 2 unspecified atom stereocenters. The second-order valence-corrected chi connectivity index (χ2v) is 8.04. The number of ether oxygens (including phenoxy) is 2. The summed E-state index contributed by atoms with van der Waals surface area (Å²) < 4.78 is 12.3. The third-order valence-electron chi connectivity index (χ3n) is 3.11. The summed E-state index contributed by atoms with van der Waals surface area (Å²) in [5.41, 5.74) is -0.573. The Hall–Kier alpha value is -0.378. The van der Waals surface area contributed by atoms with E-state index in [4.69, 9.17) is 9.47 Å². The van der Waals surface area contributed by atoms with E-state index in [9.17, 15) is 9.59 Å². The number of hydrogen-bond acceptors (Lipinski definition) is 4. The Kier molecular flexibility index (Phi) is 7.38. The molecule has 0 saturated carbocycles. The van der Waals surface area contributed by atoms with Crippen molar-refractivity contribution < 1.29 is 19.1 Å². The summed E-state index contributed by atoms with van der Waals surface area (Å²) in [6, 6.07) is -0.508. The molecule has 6 nitrogen and oxygen atoms in total. The van der Waals surface area contributed by atoms with Crippen LogP contribution in [0.25, 0.3) is 0 Å². The summed E-state index contributed by atoms with van der Waals surface area (Å²) >= 11 is 1.17. The first-order valence-electron chi connectivity index (χ1n) is 7.26. The van der Waals surface area contributed by atoms with Gasteiger partial charge in [-0.05, 0) is 0 Å². The Morgan fingerprint density at radius 3 is 2.57 bits per heavy atom. The molecule has 1 heterocycles. The number of carbonyl (C=O) groups excluding carboxylic acids is 2. The van der Waals surface area contributed by atoms with Crippen LogP contribution >= 0.6 is 0 Å². The Bertz CT molecular complexity index is 370. The van der Waals surface area contributed by atoms with Crippen molar-refractivity contribution in [1.29, 1.82) is 0 Å². The predicted octanol–water partition coefficient (Wildman–Crippen LogP) is 1.10. The first-order chi connectivity index (χ1) is 9.78. The monoisotopic (exact) mass is 493 g/mol. The van der Waals surface area contributed by atoms with Crippen LogP contribution in [0, 0.1) is 0 Å². The number of rotatable bonds is 5. The minimum absolute atomic E-state index is 0.0898. The molecule has 1 fully saturated rings. The number of amides is 2. The molecular formula is C14H25N2O4Pb. The molecule has 119 valence electrons. The number of nitrogens with zero attached hydrogens (tertiary/aromatic N) is 1. The van der Waals surface area contributed by atoms with Gasteiger partial charge in [0.15, 0.2) is 0 Å². The van der Waals surface area contributed by atoms with E-state index in [1.807, 2.05) is 20.8 Å².